The second-order valence-corrected chi connectivity index (χ2v) is 10.7. The van der Waals surface area contributed by atoms with Crippen LogP contribution >= 0.6 is 0 Å². The maximum absolute atomic E-state index is 13.0. The third-order valence-electron chi connectivity index (χ3n) is 6.76. The lowest BCUT2D eigenvalue weighted by atomic mass is 9.93. The fraction of sp³-hybridized carbons (Fsp3) is 0.667. The van der Waals surface area contributed by atoms with Crippen molar-refractivity contribution >= 4 is 17.8 Å². The van der Waals surface area contributed by atoms with Crippen molar-refractivity contribution in [2.24, 2.45) is 0 Å². The maximum Gasteiger partial charge on any atom is 0.491 e. The van der Waals surface area contributed by atoms with E-state index in [9.17, 15) is 27.6 Å². The second kappa shape index (κ2) is 13.2. The minimum Gasteiger partial charge on any atom is -0.386 e. The molecule has 0 saturated carbocycles. The van der Waals surface area contributed by atoms with Gasteiger partial charge in [-0.25, -0.2) is 4.79 Å². The first kappa shape index (κ1) is 29.8. The normalized spacial score (nSPS) is 19.2. The first-order valence-electron chi connectivity index (χ1n) is 12.9. The number of unbranched alkanes of at least 4 members (excludes halogenated alkanes) is 7. The van der Waals surface area contributed by atoms with E-state index < -0.39 is 36.0 Å². The third-order valence-corrected chi connectivity index (χ3v) is 6.76. The van der Waals surface area contributed by atoms with Crippen molar-refractivity contribution < 1.29 is 36.8 Å². The number of hydrogen-bond donors (Lipinski definition) is 1. The molecule has 1 aromatic rings. The van der Waals surface area contributed by atoms with Gasteiger partial charge in [0.05, 0.1) is 27.1 Å². The Balaban J connectivity index is 1.91. The summed E-state index contributed by atoms with van der Waals surface area (Å²) in [6.45, 7) is 3.15. The summed E-state index contributed by atoms with van der Waals surface area (Å²) < 4.78 is 41.9. The van der Waals surface area contributed by atoms with Crippen LogP contribution in [0.1, 0.15) is 87.1 Å². The maximum atomic E-state index is 13.0. The van der Waals surface area contributed by atoms with E-state index in [1.165, 1.54) is 44.9 Å². The second-order valence-electron chi connectivity index (χ2n) is 10.7. The minimum absolute atomic E-state index is 0.324. The van der Waals surface area contributed by atoms with Crippen molar-refractivity contribution in [2.45, 2.75) is 89.3 Å². The van der Waals surface area contributed by atoms with E-state index in [-0.39, 0.29) is 0 Å². The molecule has 1 heterocycles. The number of amides is 1. The topological polar surface area (TPSA) is 72.5 Å². The predicted octanol–water partition coefficient (Wildman–Crippen LogP) is 5.34. The van der Waals surface area contributed by atoms with Gasteiger partial charge in [-0.05, 0) is 30.5 Å². The number of rotatable bonds is 13. The van der Waals surface area contributed by atoms with Crippen molar-refractivity contribution in [1.82, 2.24) is 5.32 Å². The zero-order valence-corrected chi connectivity index (χ0v) is 21.7. The van der Waals surface area contributed by atoms with E-state index in [0.29, 0.717) is 29.6 Å². The third kappa shape index (κ3) is 9.91. The number of quaternary nitrogens is 1. The number of esters is 2. The van der Waals surface area contributed by atoms with Gasteiger partial charge in [0.15, 0.2) is 0 Å². The van der Waals surface area contributed by atoms with Crippen molar-refractivity contribution in [3.8, 4) is 0 Å². The van der Waals surface area contributed by atoms with Gasteiger partial charge in [-0.15, -0.1) is 0 Å². The van der Waals surface area contributed by atoms with Crippen LogP contribution in [0.4, 0.5) is 13.2 Å². The molecule has 6 nitrogen and oxygen atoms in total. The van der Waals surface area contributed by atoms with E-state index in [1.54, 1.807) is 12.1 Å². The number of carbonyl (C=O) groups excluding carboxylic acids is 3. The summed E-state index contributed by atoms with van der Waals surface area (Å²) in [5, 5.41) is 2.86. The minimum atomic E-state index is -5.26. The van der Waals surface area contributed by atoms with Gasteiger partial charge in [-0.2, -0.15) is 13.2 Å². The van der Waals surface area contributed by atoms with Gasteiger partial charge in [-0.3, -0.25) is 9.59 Å². The lowest BCUT2D eigenvalue weighted by Gasteiger charge is -2.30. The number of nitrogens with zero attached hydrogens (tertiary/aromatic N) is 1. The number of likely N-dealkylation sites (N-methyl/N-ethyl adjacent to an activating group) is 1. The summed E-state index contributed by atoms with van der Waals surface area (Å²) in [5.74, 6) is -4.27. The van der Waals surface area contributed by atoms with Crippen LogP contribution in [0.25, 0.3) is 0 Å². The van der Waals surface area contributed by atoms with Gasteiger partial charge < -0.3 is 14.5 Å². The Bertz CT molecular complexity index is 884. The molecule has 0 spiro atoms. The molecule has 202 valence electrons. The quantitative estimate of drug-likeness (QED) is 0.167. The van der Waals surface area contributed by atoms with Crippen LogP contribution < -0.4 is 5.32 Å². The number of aryl methyl sites for hydroxylation is 1. The van der Waals surface area contributed by atoms with E-state index >= 15 is 0 Å². The number of benzene rings is 1. The van der Waals surface area contributed by atoms with Gasteiger partial charge in [0.25, 0.3) is 5.91 Å². The number of nitrogens with one attached hydrogen (secondary N) is 1. The van der Waals surface area contributed by atoms with E-state index in [1.807, 2.05) is 26.2 Å². The van der Waals surface area contributed by atoms with Crippen LogP contribution in [-0.2, 0) is 20.7 Å². The standard InChI is InChI=1S/C27H39F3N2O4/c1-4-5-6-7-8-9-10-11-12-21-13-15-22(16-14-21)24(34)31-26(17-18-32(2,3)20-26)19-23(33)36-25(35)27(28,29)30/h13-16H,4-12,17-20H2,1-3H3/p+1. The Labute approximate surface area is 212 Å². The summed E-state index contributed by atoms with van der Waals surface area (Å²) >= 11 is 0. The molecule has 2 rings (SSSR count). The van der Waals surface area contributed by atoms with E-state index in [4.69, 9.17) is 0 Å². The summed E-state index contributed by atoms with van der Waals surface area (Å²) in [7, 11) is 3.81. The van der Waals surface area contributed by atoms with Crippen molar-refractivity contribution in [2.75, 3.05) is 27.2 Å². The monoisotopic (exact) mass is 513 g/mol. The van der Waals surface area contributed by atoms with Crippen molar-refractivity contribution in [3.05, 3.63) is 35.4 Å². The molecule has 1 aliphatic rings. The molecule has 0 bridgehead atoms. The number of ether oxygens (including phenoxy) is 1. The van der Waals surface area contributed by atoms with Gasteiger partial charge in [0.2, 0.25) is 0 Å². The number of likely N-dealkylation sites (tertiary alicyclic amines) is 1. The fourth-order valence-electron chi connectivity index (χ4n) is 4.86. The highest BCUT2D eigenvalue weighted by molar-refractivity contribution is 5.95. The Kier molecular flexibility index (Phi) is 10.9. The summed E-state index contributed by atoms with van der Waals surface area (Å²) in [6.07, 6.45) is 5.48. The van der Waals surface area contributed by atoms with Gasteiger partial charge in [0.1, 0.15) is 12.1 Å². The molecule has 1 saturated heterocycles. The van der Waals surface area contributed by atoms with Crippen molar-refractivity contribution in [3.63, 3.8) is 0 Å². The smallest absolute Gasteiger partial charge is 0.386 e. The zero-order valence-electron chi connectivity index (χ0n) is 21.7. The first-order valence-corrected chi connectivity index (χ1v) is 12.9. The molecule has 0 radical (unpaired) electrons. The van der Waals surface area contributed by atoms with E-state index in [0.717, 1.165) is 18.4 Å². The summed E-state index contributed by atoms with van der Waals surface area (Å²) in [6, 6.07) is 7.27. The number of carbonyl (C=O) groups is 3. The van der Waals surface area contributed by atoms with Gasteiger partial charge in [-0.1, -0.05) is 64.0 Å². The van der Waals surface area contributed by atoms with Crippen LogP contribution in [0.15, 0.2) is 24.3 Å². The average Bonchev–Trinajstić information content (AvgIpc) is 3.08. The molecular weight excluding hydrogens is 473 g/mol. The molecule has 0 aliphatic carbocycles. The van der Waals surface area contributed by atoms with Crippen LogP contribution in [0.3, 0.4) is 0 Å². The Morgan fingerprint density at radius 2 is 1.56 bits per heavy atom. The highest BCUT2D eigenvalue weighted by atomic mass is 19.4. The van der Waals surface area contributed by atoms with Crippen LogP contribution in [0.2, 0.25) is 0 Å². The highest BCUT2D eigenvalue weighted by Crippen LogP contribution is 2.30. The number of hydrogen-bond acceptors (Lipinski definition) is 4. The molecule has 1 unspecified atom stereocenters. The lowest BCUT2D eigenvalue weighted by Crippen LogP contribution is -2.54. The first-order chi connectivity index (χ1) is 16.9. The molecule has 1 amide bonds. The largest absolute Gasteiger partial charge is 0.491 e. The van der Waals surface area contributed by atoms with Crippen LogP contribution in [0.5, 0.6) is 0 Å². The van der Waals surface area contributed by atoms with E-state index in [2.05, 4.69) is 17.0 Å². The predicted molar refractivity (Wildman–Crippen MR) is 131 cm³/mol. The SMILES string of the molecule is CCCCCCCCCCc1ccc(C(=O)NC2(CC(=O)OC(=O)C(F)(F)F)CC[N+](C)(C)C2)cc1. The van der Waals surface area contributed by atoms with Crippen LogP contribution in [-0.4, -0.2) is 61.2 Å². The molecule has 1 aliphatic heterocycles. The zero-order chi connectivity index (χ0) is 26.8. The molecule has 0 aromatic heterocycles. The number of halogens is 3. The Morgan fingerprint density at radius 1 is 0.972 bits per heavy atom. The summed E-state index contributed by atoms with van der Waals surface area (Å²) in [5.41, 5.74) is 0.449. The fourth-order valence-corrected chi connectivity index (χ4v) is 4.86. The Morgan fingerprint density at radius 3 is 2.08 bits per heavy atom. The van der Waals surface area contributed by atoms with Gasteiger partial charge in [0, 0.05) is 12.0 Å². The number of alkyl halides is 3. The molecule has 1 N–H and O–H groups in total. The molecule has 9 heteroatoms. The van der Waals surface area contributed by atoms with Gasteiger partial charge >= 0.3 is 18.1 Å². The molecule has 1 fully saturated rings. The molecule has 1 atom stereocenters. The molecule has 1 aromatic carbocycles. The average molecular weight is 514 g/mol. The molecule has 36 heavy (non-hydrogen) atoms. The van der Waals surface area contributed by atoms with Crippen LogP contribution in [0, 0.1) is 0 Å². The van der Waals surface area contributed by atoms with Crippen molar-refractivity contribution in [1.29, 1.82) is 0 Å². The molecular formula is C27H40F3N2O4+. The highest BCUT2D eigenvalue weighted by Gasteiger charge is 2.49. The lowest BCUT2D eigenvalue weighted by molar-refractivity contribution is -0.879. The Hall–Kier alpha value is -2.42. The summed E-state index contributed by atoms with van der Waals surface area (Å²) in [4.78, 5) is 36.2.